The summed E-state index contributed by atoms with van der Waals surface area (Å²) in [6.07, 6.45) is 1.16. The van der Waals surface area contributed by atoms with Gasteiger partial charge in [0.1, 0.15) is 0 Å². The van der Waals surface area contributed by atoms with Crippen LogP contribution in [-0.2, 0) is 6.54 Å². The zero-order valence-electron chi connectivity index (χ0n) is 11.9. The Morgan fingerprint density at radius 3 is 2.56 bits per heavy atom. The van der Waals surface area contributed by atoms with Crippen molar-refractivity contribution in [3.05, 3.63) is 33.8 Å². The summed E-state index contributed by atoms with van der Waals surface area (Å²) < 4.78 is 1.19. The Morgan fingerprint density at radius 2 is 1.89 bits per heavy atom. The van der Waals surface area contributed by atoms with E-state index >= 15 is 0 Å². The molecule has 0 saturated heterocycles. The quantitative estimate of drug-likeness (QED) is 0.784. The Morgan fingerprint density at radius 1 is 1.17 bits per heavy atom. The van der Waals surface area contributed by atoms with Gasteiger partial charge in [-0.3, -0.25) is 0 Å². The number of nitrogens with one attached hydrogen (secondary N) is 2. The van der Waals surface area contributed by atoms with E-state index in [1.807, 2.05) is 0 Å². The highest BCUT2D eigenvalue weighted by Gasteiger charge is 2.07. The molecule has 0 bridgehead atoms. The van der Waals surface area contributed by atoms with Crippen LogP contribution in [0.3, 0.4) is 0 Å². The molecule has 0 radical (unpaired) electrons. The smallest absolute Gasteiger partial charge is 0.0208 e. The molecule has 1 rings (SSSR count). The van der Waals surface area contributed by atoms with Gasteiger partial charge in [-0.2, -0.15) is 0 Å². The van der Waals surface area contributed by atoms with Crippen LogP contribution in [-0.4, -0.2) is 18.6 Å². The Hall–Kier alpha value is -0.380. The molecule has 0 saturated carbocycles. The molecule has 0 aliphatic heterocycles. The maximum absolute atomic E-state index is 3.56. The number of hydrogen-bond donors (Lipinski definition) is 2. The monoisotopic (exact) mass is 312 g/mol. The molecule has 18 heavy (non-hydrogen) atoms. The van der Waals surface area contributed by atoms with Crippen molar-refractivity contribution in [3.8, 4) is 0 Å². The normalized spacial score (nSPS) is 11.8. The van der Waals surface area contributed by atoms with Gasteiger partial charge < -0.3 is 10.6 Å². The highest BCUT2D eigenvalue weighted by Crippen LogP contribution is 2.19. The van der Waals surface area contributed by atoms with E-state index in [2.05, 4.69) is 72.5 Å². The van der Waals surface area contributed by atoms with Crippen LogP contribution in [0.4, 0.5) is 0 Å². The topological polar surface area (TPSA) is 24.1 Å². The summed E-state index contributed by atoms with van der Waals surface area (Å²) in [4.78, 5) is 0. The molecule has 1 aromatic rings. The lowest BCUT2D eigenvalue weighted by Crippen LogP contribution is -2.37. The Bertz CT molecular complexity index is 369. The zero-order chi connectivity index (χ0) is 13.6. The molecular formula is C15H25BrN2. The summed E-state index contributed by atoms with van der Waals surface area (Å²) in [5.41, 5.74) is 2.92. The van der Waals surface area contributed by atoms with Gasteiger partial charge in [0.2, 0.25) is 0 Å². The summed E-state index contributed by atoms with van der Waals surface area (Å²) in [6, 6.07) is 6.36. The van der Waals surface area contributed by atoms with Crippen molar-refractivity contribution < 1.29 is 0 Å². The summed E-state index contributed by atoms with van der Waals surface area (Å²) in [7, 11) is 0. The highest BCUT2D eigenvalue weighted by atomic mass is 79.9. The van der Waals surface area contributed by atoms with Crippen molar-refractivity contribution in [1.82, 2.24) is 10.6 Å². The summed E-state index contributed by atoms with van der Waals surface area (Å²) in [6.45, 7) is 11.8. The van der Waals surface area contributed by atoms with Crippen LogP contribution >= 0.6 is 15.9 Å². The van der Waals surface area contributed by atoms with Gasteiger partial charge >= 0.3 is 0 Å². The summed E-state index contributed by atoms with van der Waals surface area (Å²) in [5.74, 6) is 0. The lowest BCUT2D eigenvalue weighted by atomic mass is 10.1. The molecule has 0 amide bonds. The van der Waals surface area contributed by atoms with Gasteiger partial charge in [0.15, 0.2) is 0 Å². The number of halogens is 1. The molecule has 0 aliphatic rings. The Balaban J connectivity index is 2.20. The fourth-order valence-corrected chi connectivity index (χ4v) is 2.15. The van der Waals surface area contributed by atoms with Gasteiger partial charge in [0.05, 0.1) is 0 Å². The molecule has 0 atom stereocenters. The van der Waals surface area contributed by atoms with Crippen LogP contribution in [0.1, 0.15) is 38.3 Å². The van der Waals surface area contributed by atoms with Crippen LogP contribution in [0.15, 0.2) is 22.7 Å². The van der Waals surface area contributed by atoms with E-state index < -0.39 is 0 Å². The number of rotatable bonds is 6. The van der Waals surface area contributed by atoms with Crippen molar-refractivity contribution in [2.45, 2.75) is 46.2 Å². The minimum Gasteiger partial charge on any atom is -0.313 e. The summed E-state index contributed by atoms with van der Waals surface area (Å²) >= 11 is 3.56. The second kappa shape index (κ2) is 7.27. The third kappa shape index (κ3) is 5.98. The number of hydrogen-bond acceptors (Lipinski definition) is 2. The minimum absolute atomic E-state index is 0.223. The second-order valence-electron chi connectivity index (χ2n) is 5.73. The standard InChI is InChI=1S/C15H25BrN2/c1-12-13(7-5-8-14(12)16)11-17-9-6-10-18-15(2,3)4/h5,7-8,17-18H,6,9-11H2,1-4H3. The SMILES string of the molecule is Cc1c(Br)cccc1CNCCCNC(C)(C)C. The van der Waals surface area contributed by atoms with Crippen LogP contribution in [0.2, 0.25) is 0 Å². The maximum Gasteiger partial charge on any atom is 0.0208 e. The fraction of sp³-hybridized carbons (Fsp3) is 0.600. The Kier molecular flexibility index (Phi) is 6.33. The van der Waals surface area contributed by atoms with Crippen molar-refractivity contribution in [1.29, 1.82) is 0 Å². The highest BCUT2D eigenvalue weighted by molar-refractivity contribution is 9.10. The average Bonchev–Trinajstić information content (AvgIpc) is 2.27. The van der Waals surface area contributed by atoms with Crippen LogP contribution in [0.5, 0.6) is 0 Å². The third-order valence-electron chi connectivity index (χ3n) is 2.88. The molecule has 2 nitrogen and oxygen atoms in total. The van der Waals surface area contributed by atoms with Gasteiger partial charge in [-0.25, -0.2) is 0 Å². The molecule has 1 aromatic carbocycles. The third-order valence-corrected chi connectivity index (χ3v) is 3.74. The minimum atomic E-state index is 0.223. The van der Waals surface area contributed by atoms with Gasteiger partial charge in [-0.1, -0.05) is 28.1 Å². The van der Waals surface area contributed by atoms with E-state index in [1.54, 1.807) is 0 Å². The van der Waals surface area contributed by atoms with E-state index in [-0.39, 0.29) is 5.54 Å². The molecule has 0 spiro atoms. The average molecular weight is 313 g/mol. The van der Waals surface area contributed by atoms with Crippen molar-refractivity contribution in [2.75, 3.05) is 13.1 Å². The van der Waals surface area contributed by atoms with Gasteiger partial charge in [-0.15, -0.1) is 0 Å². The number of benzene rings is 1. The lowest BCUT2D eigenvalue weighted by molar-refractivity contribution is 0.418. The van der Waals surface area contributed by atoms with Gasteiger partial charge in [0.25, 0.3) is 0 Å². The molecule has 102 valence electrons. The molecule has 0 unspecified atom stereocenters. The van der Waals surface area contributed by atoms with E-state index in [0.29, 0.717) is 0 Å². The predicted octanol–water partition coefficient (Wildman–Crippen LogP) is 3.63. The van der Waals surface area contributed by atoms with Crippen molar-refractivity contribution in [2.24, 2.45) is 0 Å². The maximum atomic E-state index is 3.56. The van der Waals surface area contributed by atoms with Gasteiger partial charge in [0, 0.05) is 16.6 Å². The van der Waals surface area contributed by atoms with Gasteiger partial charge in [-0.05, 0) is 64.4 Å². The van der Waals surface area contributed by atoms with E-state index in [9.17, 15) is 0 Å². The molecule has 0 aromatic heterocycles. The van der Waals surface area contributed by atoms with Crippen LogP contribution in [0.25, 0.3) is 0 Å². The van der Waals surface area contributed by atoms with E-state index in [0.717, 1.165) is 26.1 Å². The summed E-state index contributed by atoms with van der Waals surface area (Å²) in [5, 5.41) is 6.99. The molecule has 3 heteroatoms. The van der Waals surface area contributed by atoms with Crippen molar-refractivity contribution >= 4 is 15.9 Å². The molecule has 0 fully saturated rings. The molecular weight excluding hydrogens is 288 g/mol. The largest absolute Gasteiger partial charge is 0.313 e. The zero-order valence-corrected chi connectivity index (χ0v) is 13.5. The fourth-order valence-electron chi connectivity index (χ4n) is 1.74. The lowest BCUT2D eigenvalue weighted by Gasteiger charge is -2.20. The first-order valence-electron chi connectivity index (χ1n) is 6.60. The first-order chi connectivity index (χ1) is 8.40. The van der Waals surface area contributed by atoms with E-state index in [4.69, 9.17) is 0 Å². The second-order valence-corrected chi connectivity index (χ2v) is 6.59. The first kappa shape index (κ1) is 15.7. The predicted molar refractivity (Wildman–Crippen MR) is 83.0 cm³/mol. The van der Waals surface area contributed by atoms with Crippen LogP contribution in [0, 0.1) is 6.92 Å². The van der Waals surface area contributed by atoms with E-state index in [1.165, 1.54) is 15.6 Å². The van der Waals surface area contributed by atoms with Crippen LogP contribution < -0.4 is 10.6 Å². The Labute approximate surface area is 120 Å². The molecule has 0 aliphatic carbocycles. The molecule has 2 N–H and O–H groups in total. The van der Waals surface area contributed by atoms with Crippen molar-refractivity contribution in [3.63, 3.8) is 0 Å². The molecule has 0 heterocycles. The first-order valence-corrected chi connectivity index (χ1v) is 7.39.